The number of halogens is 1. The van der Waals surface area contributed by atoms with Gasteiger partial charge in [-0.05, 0) is 31.2 Å². The molecule has 3 rings (SSSR count). The first-order valence-electron chi connectivity index (χ1n) is 7.68. The normalized spacial score (nSPS) is 11.3. The van der Waals surface area contributed by atoms with E-state index in [1.807, 2.05) is 37.3 Å². The van der Waals surface area contributed by atoms with E-state index in [0.29, 0.717) is 10.7 Å². The number of sulfonamides is 1. The maximum atomic E-state index is 12.3. The third-order valence-corrected chi connectivity index (χ3v) is 6.16. The van der Waals surface area contributed by atoms with E-state index in [9.17, 15) is 13.2 Å². The molecule has 0 aliphatic rings. The van der Waals surface area contributed by atoms with E-state index in [4.69, 9.17) is 11.6 Å². The van der Waals surface area contributed by atoms with Crippen LogP contribution < -0.4 is 4.72 Å². The molecular weight excluding hydrogens is 392 g/mol. The van der Waals surface area contributed by atoms with Gasteiger partial charge in [-0.15, -0.1) is 11.3 Å². The molecule has 0 saturated heterocycles. The molecule has 1 amide bonds. The van der Waals surface area contributed by atoms with Gasteiger partial charge >= 0.3 is 0 Å². The number of rotatable bonds is 5. The van der Waals surface area contributed by atoms with Gasteiger partial charge in [0, 0.05) is 15.5 Å². The maximum Gasteiger partial charge on any atom is 0.264 e. The second-order valence-corrected chi connectivity index (χ2v) is 8.94. The summed E-state index contributed by atoms with van der Waals surface area (Å²) >= 11 is 7.14. The summed E-state index contributed by atoms with van der Waals surface area (Å²) in [6, 6.07) is 15.1. The van der Waals surface area contributed by atoms with Crippen molar-refractivity contribution in [2.75, 3.05) is 0 Å². The molecule has 3 aromatic rings. The molecule has 1 heterocycles. The predicted molar refractivity (Wildman–Crippen MR) is 103 cm³/mol. The first-order chi connectivity index (χ1) is 12.3. The lowest BCUT2D eigenvalue weighted by molar-refractivity contribution is -0.118. The van der Waals surface area contributed by atoms with Crippen molar-refractivity contribution >= 4 is 38.9 Å². The third-order valence-electron chi connectivity index (χ3n) is 3.54. The summed E-state index contributed by atoms with van der Waals surface area (Å²) in [6.45, 7) is 1.85. The molecule has 5 nitrogen and oxygen atoms in total. The Labute approximate surface area is 160 Å². The molecule has 8 heteroatoms. The summed E-state index contributed by atoms with van der Waals surface area (Å²) < 4.78 is 26.7. The Kier molecular flexibility index (Phi) is 5.41. The Bertz CT molecular complexity index is 1030. The third kappa shape index (κ3) is 4.30. The van der Waals surface area contributed by atoms with Crippen molar-refractivity contribution in [2.45, 2.75) is 18.2 Å². The van der Waals surface area contributed by atoms with Crippen LogP contribution in [0.3, 0.4) is 0 Å². The van der Waals surface area contributed by atoms with Gasteiger partial charge in [0.1, 0.15) is 0 Å². The number of nitrogens with one attached hydrogen (secondary N) is 1. The Balaban J connectivity index is 1.80. The number of hydrogen-bond donors (Lipinski definition) is 1. The highest BCUT2D eigenvalue weighted by Gasteiger charge is 2.20. The largest absolute Gasteiger partial charge is 0.274 e. The van der Waals surface area contributed by atoms with Crippen molar-refractivity contribution in [3.63, 3.8) is 0 Å². The fourth-order valence-corrected chi connectivity index (χ4v) is 4.48. The van der Waals surface area contributed by atoms with Crippen molar-refractivity contribution in [3.05, 3.63) is 69.5 Å². The SMILES string of the molecule is Cc1nc(-c2ccccc2)c(CC(=O)NS(=O)(=O)c2ccc(Cl)cc2)s1. The summed E-state index contributed by atoms with van der Waals surface area (Å²) in [5, 5.41) is 1.23. The second kappa shape index (κ2) is 7.57. The van der Waals surface area contributed by atoms with Crippen LogP contribution in [0.15, 0.2) is 59.5 Å². The molecule has 0 aliphatic heterocycles. The monoisotopic (exact) mass is 406 g/mol. The van der Waals surface area contributed by atoms with Gasteiger partial charge in [-0.1, -0.05) is 41.9 Å². The van der Waals surface area contributed by atoms with E-state index in [1.54, 1.807) is 0 Å². The van der Waals surface area contributed by atoms with Crippen LogP contribution in [0.5, 0.6) is 0 Å². The fraction of sp³-hybridized carbons (Fsp3) is 0.111. The number of carbonyl (C=O) groups is 1. The number of hydrogen-bond acceptors (Lipinski definition) is 5. The second-order valence-electron chi connectivity index (χ2n) is 5.53. The Morgan fingerprint density at radius 2 is 1.77 bits per heavy atom. The lowest BCUT2D eigenvalue weighted by Crippen LogP contribution is -2.31. The number of amides is 1. The molecule has 1 aromatic heterocycles. The average Bonchev–Trinajstić information content (AvgIpc) is 2.95. The van der Waals surface area contributed by atoms with Crippen LogP contribution >= 0.6 is 22.9 Å². The van der Waals surface area contributed by atoms with Gasteiger partial charge < -0.3 is 0 Å². The summed E-state index contributed by atoms with van der Waals surface area (Å²) in [7, 11) is -3.94. The molecule has 0 saturated carbocycles. The van der Waals surface area contributed by atoms with Gasteiger partial charge in [0.05, 0.1) is 22.0 Å². The number of aromatic nitrogens is 1. The maximum absolute atomic E-state index is 12.3. The molecule has 0 spiro atoms. The molecule has 0 atom stereocenters. The molecule has 0 fully saturated rings. The van der Waals surface area contributed by atoms with E-state index in [1.165, 1.54) is 35.6 Å². The molecular formula is C18H15ClN2O3S2. The van der Waals surface area contributed by atoms with E-state index in [-0.39, 0.29) is 11.3 Å². The summed E-state index contributed by atoms with van der Waals surface area (Å²) in [5.41, 5.74) is 1.59. The van der Waals surface area contributed by atoms with Crippen LogP contribution in [0.1, 0.15) is 9.88 Å². The van der Waals surface area contributed by atoms with Crippen LogP contribution in [0.4, 0.5) is 0 Å². The predicted octanol–water partition coefficient (Wildman–Crippen LogP) is 3.82. The molecule has 0 unspecified atom stereocenters. The van der Waals surface area contributed by atoms with Crippen molar-refractivity contribution in [2.24, 2.45) is 0 Å². The highest BCUT2D eigenvalue weighted by molar-refractivity contribution is 7.90. The fourth-order valence-electron chi connectivity index (χ4n) is 2.42. The topological polar surface area (TPSA) is 76.1 Å². The zero-order chi connectivity index (χ0) is 18.7. The summed E-state index contributed by atoms with van der Waals surface area (Å²) in [5.74, 6) is -0.610. The minimum atomic E-state index is -3.94. The quantitative estimate of drug-likeness (QED) is 0.698. The Morgan fingerprint density at radius 1 is 1.12 bits per heavy atom. The molecule has 0 bridgehead atoms. The van der Waals surface area contributed by atoms with E-state index in [0.717, 1.165) is 15.4 Å². The van der Waals surface area contributed by atoms with E-state index in [2.05, 4.69) is 9.71 Å². The van der Waals surface area contributed by atoms with Crippen LogP contribution in [-0.2, 0) is 21.2 Å². The highest BCUT2D eigenvalue weighted by atomic mass is 35.5. The first kappa shape index (κ1) is 18.6. The number of benzene rings is 2. The van der Waals surface area contributed by atoms with Crippen molar-refractivity contribution in [1.29, 1.82) is 0 Å². The smallest absolute Gasteiger partial charge is 0.264 e. The first-order valence-corrected chi connectivity index (χ1v) is 10.4. The van der Waals surface area contributed by atoms with Gasteiger partial charge in [0.2, 0.25) is 5.91 Å². The molecule has 1 N–H and O–H groups in total. The van der Waals surface area contributed by atoms with Crippen molar-refractivity contribution in [3.8, 4) is 11.3 Å². The van der Waals surface area contributed by atoms with Crippen LogP contribution in [0, 0.1) is 6.92 Å². The summed E-state index contributed by atoms with van der Waals surface area (Å²) in [6.07, 6.45) is -0.0669. The Hall–Kier alpha value is -2.22. The van der Waals surface area contributed by atoms with E-state index < -0.39 is 15.9 Å². The van der Waals surface area contributed by atoms with Gasteiger partial charge in [0.15, 0.2) is 0 Å². The number of aryl methyl sites for hydroxylation is 1. The van der Waals surface area contributed by atoms with Gasteiger partial charge in [0.25, 0.3) is 10.0 Å². The summed E-state index contributed by atoms with van der Waals surface area (Å²) in [4.78, 5) is 17.5. The standard InChI is InChI=1S/C18H15ClN2O3S2/c1-12-20-18(13-5-3-2-4-6-13)16(25-12)11-17(22)21-26(23,24)15-9-7-14(19)8-10-15/h2-10H,11H2,1H3,(H,21,22). The highest BCUT2D eigenvalue weighted by Crippen LogP contribution is 2.28. The Morgan fingerprint density at radius 3 is 2.42 bits per heavy atom. The van der Waals surface area contributed by atoms with Gasteiger partial charge in [-0.2, -0.15) is 0 Å². The zero-order valence-electron chi connectivity index (χ0n) is 13.8. The number of carbonyl (C=O) groups excluding carboxylic acids is 1. The lowest BCUT2D eigenvalue weighted by Gasteiger charge is -2.07. The minimum absolute atomic E-state index is 0.0148. The molecule has 26 heavy (non-hydrogen) atoms. The lowest BCUT2D eigenvalue weighted by atomic mass is 10.1. The van der Waals surface area contributed by atoms with Crippen molar-refractivity contribution in [1.82, 2.24) is 9.71 Å². The van der Waals surface area contributed by atoms with Crippen LogP contribution in [0.2, 0.25) is 5.02 Å². The molecule has 0 radical (unpaired) electrons. The number of nitrogens with zero attached hydrogens (tertiary/aromatic N) is 1. The average molecular weight is 407 g/mol. The molecule has 2 aromatic carbocycles. The molecule has 134 valence electrons. The van der Waals surface area contributed by atoms with Crippen LogP contribution in [0.25, 0.3) is 11.3 Å². The van der Waals surface area contributed by atoms with Crippen molar-refractivity contribution < 1.29 is 13.2 Å². The van der Waals surface area contributed by atoms with E-state index >= 15 is 0 Å². The zero-order valence-corrected chi connectivity index (χ0v) is 16.2. The van der Waals surface area contributed by atoms with Crippen LogP contribution in [-0.4, -0.2) is 19.3 Å². The number of thiazole rings is 1. The minimum Gasteiger partial charge on any atom is -0.274 e. The van der Waals surface area contributed by atoms with Gasteiger partial charge in [-0.25, -0.2) is 18.1 Å². The van der Waals surface area contributed by atoms with Gasteiger partial charge in [-0.3, -0.25) is 4.79 Å². The molecule has 0 aliphatic carbocycles.